The van der Waals surface area contributed by atoms with Crippen LogP contribution in [0.3, 0.4) is 0 Å². The maximum atomic E-state index is 13.1. The average molecular weight is 226 g/mol. The third kappa shape index (κ3) is 4.29. The van der Waals surface area contributed by atoms with E-state index in [1.807, 2.05) is 0 Å². The number of aromatic carboxylic acids is 1. The van der Waals surface area contributed by atoms with Gasteiger partial charge in [-0.3, -0.25) is 0 Å². The van der Waals surface area contributed by atoms with Crippen LogP contribution < -0.4 is 4.74 Å². The van der Waals surface area contributed by atoms with Crippen LogP contribution >= 0.6 is 0 Å². The van der Waals surface area contributed by atoms with E-state index >= 15 is 0 Å². The van der Waals surface area contributed by atoms with E-state index in [0.29, 0.717) is 12.2 Å². The molecule has 0 atom stereocenters. The molecule has 0 saturated carbocycles. The molecule has 0 radical (unpaired) electrons. The Bertz CT molecular complexity index is 352. The minimum atomic E-state index is -1.25. The summed E-state index contributed by atoms with van der Waals surface area (Å²) in [6.07, 6.45) is 0.299. The van der Waals surface area contributed by atoms with Gasteiger partial charge in [0, 0.05) is 6.42 Å². The highest BCUT2D eigenvalue weighted by Crippen LogP contribution is 2.16. The predicted octanol–water partition coefficient (Wildman–Crippen LogP) is 2.90. The number of alkyl halides is 1. The van der Waals surface area contributed by atoms with Crippen molar-refractivity contribution in [3.63, 3.8) is 0 Å². The molecule has 16 heavy (non-hydrogen) atoms. The molecule has 0 amide bonds. The Labute approximate surface area is 93.9 Å². The van der Waals surface area contributed by atoms with Crippen LogP contribution in [0.5, 0.6) is 5.75 Å². The third-order valence-corrected chi connectivity index (χ3v) is 2.07. The molecule has 0 aliphatic rings. The molecule has 1 aromatic rings. The van der Waals surface area contributed by atoms with Gasteiger partial charge in [-0.1, -0.05) is 0 Å². The smallest absolute Gasteiger partial charge is 0.335 e. The van der Waals surface area contributed by atoms with Gasteiger partial charge in [-0.25, -0.2) is 9.18 Å². The standard InChI is InChI=1S/C12H15FO3/c1-12(2,13)7-8-16-10-5-3-9(4-6-10)11(14)15/h3-6H,7-8H2,1-2H3,(H,14,15). The number of hydrogen-bond donors (Lipinski definition) is 1. The average Bonchev–Trinajstić information content (AvgIpc) is 2.16. The fourth-order valence-electron chi connectivity index (χ4n) is 1.11. The van der Waals surface area contributed by atoms with E-state index in [9.17, 15) is 9.18 Å². The number of carboxylic acids is 1. The van der Waals surface area contributed by atoms with E-state index in [1.165, 1.54) is 26.0 Å². The van der Waals surface area contributed by atoms with Crippen LogP contribution in [0.15, 0.2) is 24.3 Å². The summed E-state index contributed by atoms with van der Waals surface area (Å²) in [5.41, 5.74) is -1.04. The van der Waals surface area contributed by atoms with Gasteiger partial charge in [0.1, 0.15) is 11.4 Å². The predicted molar refractivity (Wildman–Crippen MR) is 58.7 cm³/mol. The molecule has 1 N–H and O–H groups in total. The highest BCUT2D eigenvalue weighted by atomic mass is 19.1. The summed E-state index contributed by atoms with van der Waals surface area (Å²) in [7, 11) is 0. The number of benzene rings is 1. The maximum Gasteiger partial charge on any atom is 0.335 e. The van der Waals surface area contributed by atoms with Gasteiger partial charge in [0.15, 0.2) is 0 Å². The number of carbonyl (C=O) groups is 1. The lowest BCUT2D eigenvalue weighted by molar-refractivity contribution is 0.0697. The van der Waals surface area contributed by atoms with E-state index in [4.69, 9.17) is 9.84 Å². The van der Waals surface area contributed by atoms with Gasteiger partial charge >= 0.3 is 5.97 Å². The first-order chi connectivity index (χ1) is 7.38. The maximum absolute atomic E-state index is 13.1. The van der Waals surface area contributed by atoms with Gasteiger partial charge in [0.05, 0.1) is 12.2 Å². The molecular weight excluding hydrogens is 211 g/mol. The summed E-state index contributed by atoms with van der Waals surface area (Å²) >= 11 is 0. The third-order valence-electron chi connectivity index (χ3n) is 2.07. The molecule has 0 aliphatic carbocycles. The van der Waals surface area contributed by atoms with Crippen LogP contribution in [-0.4, -0.2) is 23.4 Å². The van der Waals surface area contributed by atoms with Crippen molar-refractivity contribution >= 4 is 5.97 Å². The molecule has 3 nitrogen and oxygen atoms in total. The fourth-order valence-corrected chi connectivity index (χ4v) is 1.11. The first kappa shape index (κ1) is 12.5. The number of ether oxygens (including phenoxy) is 1. The van der Waals surface area contributed by atoms with E-state index < -0.39 is 11.6 Å². The fraction of sp³-hybridized carbons (Fsp3) is 0.417. The van der Waals surface area contributed by atoms with Crippen LogP contribution in [0, 0.1) is 0 Å². The highest BCUT2D eigenvalue weighted by molar-refractivity contribution is 5.87. The van der Waals surface area contributed by atoms with Crippen LogP contribution in [0.25, 0.3) is 0 Å². The Hall–Kier alpha value is -1.58. The van der Waals surface area contributed by atoms with Gasteiger partial charge in [-0.15, -0.1) is 0 Å². The van der Waals surface area contributed by atoms with E-state index in [0.717, 1.165) is 0 Å². The first-order valence-electron chi connectivity index (χ1n) is 5.03. The zero-order chi connectivity index (χ0) is 12.2. The number of rotatable bonds is 5. The van der Waals surface area contributed by atoms with Crippen molar-refractivity contribution < 1.29 is 19.0 Å². The van der Waals surface area contributed by atoms with Crippen molar-refractivity contribution in [1.82, 2.24) is 0 Å². The van der Waals surface area contributed by atoms with Crippen molar-refractivity contribution in [1.29, 1.82) is 0 Å². The molecule has 0 aliphatic heterocycles. The Morgan fingerprint density at radius 2 is 1.94 bits per heavy atom. The second-order valence-corrected chi connectivity index (χ2v) is 4.15. The van der Waals surface area contributed by atoms with Gasteiger partial charge in [0.25, 0.3) is 0 Å². The van der Waals surface area contributed by atoms with Crippen molar-refractivity contribution in [3.05, 3.63) is 29.8 Å². The minimum Gasteiger partial charge on any atom is -0.493 e. The topological polar surface area (TPSA) is 46.5 Å². The van der Waals surface area contributed by atoms with E-state index in [2.05, 4.69) is 0 Å². The summed E-state index contributed by atoms with van der Waals surface area (Å²) in [6, 6.07) is 6.04. The molecular formula is C12H15FO3. The second-order valence-electron chi connectivity index (χ2n) is 4.15. The quantitative estimate of drug-likeness (QED) is 0.839. The van der Waals surface area contributed by atoms with Gasteiger partial charge in [0.2, 0.25) is 0 Å². The molecule has 0 spiro atoms. The lowest BCUT2D eigenvalue weighted by atomic mass is 10.1. The van der Waals surface area contributed by atoms with Crippen molar-refractivity contribution in [2.75, 3.05) is 6.61 Å². The normalized spacial score (nSPS) is 11.2. The Balaban J connectivity index is 2.47. The van der Waals surface area contributed by atoms with Crippen molar-refractivity contribution in [2.45, 2.75) is 25.9 Å². The SMILES string of the molecule is CC(C)(F)CCOc1ccc(C(=O)O)cc1. The van der Waals surface area contributed by atoms with Gasteiger partial charge in [-0.05, 0) is 38.1 Å². The summed E-state index contributed by atoms with van der Waals surface area (Å²) < 4.78 is 18.4. The van der Waals surface area contributed by atoms with Crippen LogP contribution in [0.2, 0.25) is 0 Å². The number of hydrogen-bond acceptors (Lipinski definition) is 2. The first-order valence-corrected chi connectivity index (χ1v) is 5.03. The molecule has 88 valence electrons. The van der Waals surface area contributed by atoms with E-state index in [1.54, 1.807) is 12.1 Å². The van der Waals surface area contributed by atoms with Gasteiger partial charge < -0.3 is 9.84 Å². The van der Waals surface area contributed by atoms with Gasteiger partial charge in [-0.2, -0.15) is 0 Å². The summed E-state index contributed by atoms with van der Waals surface area (Å²) in [5, 5.41) is 8.67. The molecule has 4 heteroatoms. The Morgan fingerprint density at radius 1 is 1.38 bits per heavy atom. The molecule has 0 aromatic heterocycles. The van der Waals surface area contributed by atoms with Crippen LogP contribution in [-0.2, 0) is 0 Å². The molecule has 0 unspecified atom stereocenters. The van der Waals surface area contributed by atoms with Crippen LogP contribution in [0.1, 0.15) is 30.6 Å². The number of halogens is 1. The zero-order valence-corrected chi connectivity index (χ0v) is 9.37. The summed E-state index contributed by atoms with van der Waals surface area (Å²) in [4.78, 5) is 10.6. The molecule has 1 rings (SSSR count). The second kappa shape index (κ2) is 4.96. The molecule has 0 fully saturated rings. The van der Waals surface area contributed by atoms with E-state index in [-0.39, 0.29) is 12.2 Å². The monoisotopic (exact) mass is 226 g/mol. The minimum absolute atomic E-state index is 0.207. The lowest BCUT2D eigenvalue weighted by Gasteiger charge is -2.14. The van der Waals surface area contributed by atoms with Crippen LogP contribution in [0.4, 0.5) is 4.39 Å². The highest BCUT2D eigenvalue weighted by Gasteiger charge is 2.14. The Morgan fingerprint density at radius 3 is 2.38 bits per heavy atom. The molecule has 0 heterocycles. The largest absolute Gasteiger partial charge is 0.493 e. The summed E-state index contributed by atoms with van der Waals surface area (Å²) in [6.45, 7) is 3.25. The van der Waals surface area contributed by atoms with Crippen molar-refractivity contribution in [3.8, 4) is 5.75 Å². The Kier molecular flexibility index (Phi) is 3.88. The molecule has 0 bridgehead atoms. The molecule has 0 saturated heterocycles. The lowest BCUT2D eigenvalue weighted by Crippen LogP contribution is -2.16. The van der Waals surface area contributed by atoms with Crippen molar-refractivity contribution in [2.24, 2.45) is 0 Å². The summed E-state index contributed by atoms with van der Waals surface area (Å²) in [5.74, 6) is -0.425. The number of carboxylic acid groups (broad SMARTS) is 1. The zero-order valence-electron chi connectivity index (χ0n) is 9.37. The molecule has 1 aromatic carbocycles.